The molecule has 0 atom stereocenters. The Balaban J connectivity index is 1.61. The van der Waals surface area contributed by atoms with Crippen LogP contribution in [0.4, 0.5) is 9.39 Å². The van der Waals surface area contributed by atoms with Crippen molar-refractivity contribution in [3.05, 3.63) is 87.5 Å². The molecule has 32 heavy (non-hydrogen) atoms. The van der Waals surface area contributed by atoms with Gasteiger partial charge in [-0.05, 0) is 43.3 Å². The van der Waals surface area contributed by atoms with E-state index in [1.54, 1.807) is 31.2 Å². The molecule has 7 nitrogen and oxygen atoms in total. The van der Waals surface area contributed by atoms with E-state index in [1.807, 2.05) is 0 Å². The Morgan fingerprint density at radius 1 is 1.03 bits per heavy atom. The highest BCUT2D eigenvalue weighted by Gasteiger charge is 2.35. The summed E-state index contributed by atoms with van der Waals surface area (Å²) in [7, 11) is 0. The van der Waals surface area contributed by atoms with Crippen molar-refractivity contribution in [3.8, 4) is 0 Å². The fraction of sp³-hybridized carbons (Fsp3) is 0.130. The van der Waals surface area contributed by atoms with E-state index >= 15 is 0 Å². The number of hydrogen-bond donors (Lipinski definition) is 1. The van der Waals surface area contributed by atoms with E-state index in [4.69, 9.17) is 4.74 Å². The van der Waals surface area contributed by atoms with Crippen LogP contribution in [-0.4, -0.2) is 35.2 Å². The average molecular weight is 452 g/mol. The van der Waals surface area contributed by atoms with Gasteiger partial charge in [0.2, 0.25) is 0 Å². The molecular weight excluding hydrogens is 435 g/mol. The first kappa shape index (κ1) is 21.4. The Hall–Kier alpha value is -3.85. The Kier molecular flexibility index (Phi) is 5.83. The second-order valence-electron chi connectivity index (χ2n) is 6.88. The highest BCUT2D eigenvalue weighted by atomic mass is 32.1. The third-order valence-corrected chi connectivity index (χ3v) is 5.82. The molecule has 1 aromatic heterocycles. The molecule has 2 aromatic carbocycles. The van der Waals surface area contributed by atoms with Crippen LogP contribution in [0.3, 0.4) is 0 Å². The summed E-state index contributed by atoms with van der Waals surface area (Å²) in [5.41, 5.74) is 0.807. The summed E-state index contributed by atoms with van der Waals surface area (Å²) in [6.45, 7) is 1.70. The minimum atomic E-state index is -0.660. The van der Waals surface area contributed by atoms with Gasteiger partial charge in [0.25, 0.3) is 17.7 Å². The van der Waals surface area contributed by atoms with Crippen molar-refractivity contribution in [1.82, 2.24) is 4.90 Å². The zero-order valence-electron chi connectivity index (χ0n) is 16.9. The van der Waals surface area contributed by atoms with Gasteiger partial charge >= 0.3 is 5.97 Å². The van der Waals surface area contributed by atoms with Crippen LogP contribution in [0.2, 0.25) is 0 Å². The number of carbonyl (C=O) groups excluding carboxylic acids is 4. The van der Waals surface area contributed by atoms with Crippen molar-refractivity contribution in [2.45, 2.75) is 13.5 Å². The molecule has 162 valence electrons. The number of anilines is 1. The lowest BCUT2D eigenvalue weighted by Gasteiger charge is -2.12. The topological polar surface area (TPSA) is 92.8 Å². The van der Waals surface area contributed by atoms with Gasteiger partial charge in [-0.2, -0.15) is 0 Å². The number of benzene rings is 2. The number of nitrogens with zero attached hydrogens (tertiary/aromatic N) is 1. The summed E-state index contributed by atoms with van der Waals surface area (Å²) in [6.07, 6.45) is 0. The van der Waals surface area contributed by atoms with Crippen LogP contribution in [0.25, 0.3) is 0 Å². The van der Waals surface area contributed by atoms with Crippen LogP contribution >= 0.6 is 11.3 Å². The Morgan fingerprint density at radius 2 is 1.72 bits per heavy atom. The molecule has 0 aliphatic carbocycles. The maximum absolute atomic E-state index is 13.5. The summed E-state index contributed by atoms with van der Waals surface area (Å²) in [4.78, 5) is 51.9. The maximum Gasteiger partial charge on any atom is 0.341 e. The van der Waals surface area contributed by atoms with Crippen LogP contribution < -0.4 is 5.32 Å². The summed E-state index contributed by atoms with van der Waals surface area (Å²) >= 11 is 1.04. The molecule has 1 aliphatic heterocycles. The molecule has 0 unspecified atom stereocenters. The molecule has 2 heterocycles. The van der Waals surface area contributed by atoms with Crippen LogP contribution in [0, 0.1) is 5.82 Å². The fourth-order valence-corrected chi connectivity index (χ4v) is 4.35. The SMILES string of the molecule is CCOC(=O)c1cc(CN2C(=O)c3ccccc3C2=O)sc1NC(=O)c1cccc(F)c1. The van der Waals surface area contributed by atoms with E-state index in [-0.39, 0.29) is 29.3 Å². The molecule has 0 fully saturated rings. The standard InChI is InChI=1S/C23H17FN2O5S/c1-2-31-23(30)18-11-15(12-26-21(28)16-8-3-4-9-17(16)22(26)29)32-20(18)25-19(27)13-6-5-7-14(24)10-13/h3-11H,2,12H2,1H3,(H,25,27). The van der Waals surface area contributed by atoms with Crippen LogP contribution in [0.15, 0.2) is 54.6 Å². The Morgan fingerprint density at radius 3 is 2.34 bits per heavy atom. The number of rotatable bonds is 6. The third-order valence-electron chi connectivity index (χ3n) is 4.78. The summed E-state index contributed by atoms with van der Waals surface area (Å²) in [5, 5.41) is 2.79. The third kappa shape index (κ3) is 4.02. The number of carbonyl (C=O) groups is 4. The van der Waals surface area contributed by atoms with Gasteiger partial charge in [-0.3, -0.25) is 19.3 Å². The summed E-state index contributed by atoms with van der Waals surface area (Å²) in [5.74, 6) is -2.69. The second kappa shape index (κ2) is 8.72. The fourth-order valence-electron chi connectivity index (χ4n) is 3.32. The molecule has 3 aromatic rings. The minimum absolute atomic E-state index is 0.0702. The van der Waals surface area contributed by atoms with Gasteiger partial charge in [0.05, 0.1) is 29.8 Å². The van der Waals surface area contributed by atoms with E-state index in [9.17, 15) is 23.6 Å². The van der Waals surface area contributed by atoms with Crippen molar-refractivity contribution in [1.29, 1.82) is 0 Å². The normalized spacial score (nSPS) is 12.6. The van der Waals surface area contributed by atoms with Crippen LogP contribution in [0.5, 0.6) is 0 Å². The zero-order chi connectivity index (χ0) is 22.8. The van der Waals surface area contributed by atoms with E-state index in [0.717, 1.165) is 22.3 Å². The van der Waals surface area contributed by atoms with E-state index in [1.165, 1.54) is 24.3 Å². The van der Waals surface area contributed by atoms with Crippen molar-refractivity contribution in [3.63, 3.8) is 0 Å². The molecule has 4 rings (SSSR count). The van der Waals surface area contributed by atoms with Gasteiger partial charge in [-0.15, -0.1) is 11.3 Å². The van der Waals surface area contributed by atoms with Crippen LogP contribution in [-0.2, 0) is 11.3 Å². The molecule has 0 spiro atoms. The molecule has 0 saturated carbocycles. The van der Waals surface area contributed by atoms with Gasteiger partial charge in [0.1, 0.15) is 10.8 Å². The maximum atomic E-state index is 13.5. The van der Waals surface area contributed by atoms with Crippen molar-refractivity contribution < 1.29 is 28.3 Å². The lowest BCUT2D eigenvalue weighted by molar-refractivity contribution is 0.0527. The smallest absolute Gasteiger partial charge is 0.341 e. The number of hydrogen-bond acceptors (Lipinski definition) is 6. The monoisotopic (exact) mass is 452 g/mol. The van der Waals surface area contributed by atoms with Crippen molar-refractivity contribution in [2.75, 3.05) is 11.9 Å². The Labute approximate surface area is 186 Å². The summed E-state index contributed by atoms with van der Waals surface area (Å²) in [6, 6.07) is 13.1. The highest BCUT2D eigenvalue weighted by molar-refractivity contribution is 7.16. The first-order valence-electron chi connectivity index (χ1n) is 9.71. The summed E-state index contributed by atoms with van der Waals surface area (Å²) < 4.78 is 18.5. The van der Waals surface area contributed by atoms with E-state index < -0.39 is 29.5 Å². The number of esters is 1. The molecule has 0 radical (unpaired) electrons. The molecule has 9 heteroatoms. The zero-order valence-corrected chi connectivity index (χ0v) is 17.7. The van der Waals surface area contributed by atoms with Gasteiger partial charge < -0.3 is 10.1 Å². The van der Waals surface area contributed by atoms with E-state index in [2.05, 4.69) is 5.32 Å². The highest BCUT2D eigenvalue weighted by Crippen LogP contribution is 2.32. The van der Waals surface area contributed by atoms with Crippen LogP contribution in [0.1, 0.15) is 53.2 Å². The molecule has 0 saturated heterocycles. The number of thiophene rings is 1. The number of nitrogens with one attached hydrogen (secondary N) is 1. The molecule has 3 amide bonds. The lowest BCUT2D eigenvalue weighted by atomic mass is 10.1. The first-order valence-corrected chi connectivity index (χ1v) is 10.5. The lowest BCUT2D eigenvalue weighted by Crippen LogP contribution is -2.28. The predicted octanol–water partition coefficient (Wildman–Crippen LogP) is 4.11. The number of imide groups is 1. The Bertz CT molecular complexity index is 1220. The van der Waals surface area contributed by atoms with E-state index in [0.29, 0.717) is 16.0 Å². The minimum Gasteiger partial charge on any atom is -0.462 e. The number of ether oxygens (including phenoxy) is 1. The second-order valence-corrected chi connectivity index (χ2v) is 8.02. The largest absolute Gasteiger partial charge is 0.462 e. The van der Waals surface area contributed by atoms with Gasteiger partial charge in [0.15, 0.2) is 0 Å². The number of halogens is 1. The van der Waals surface area contributed by atoms with Crippen molar-refractivity contribution in [2.24, 2.45) is 0 Å². The van der Waals surface area contributed by atoms with Crippen molar-refractivity contribution >= 4 is 40.0 Å². The van der Waals surface area contributed by atoms with Gasteiger partial charge in [0, 0.05) is 10.4 Å². The average Bonchev–Trinajstić information content (AvgIpc) is 3.28. The quantitative estimate of drug-likeness (QED) is 0.449. The number of amides is 3. The number of fused-ring (bicyclic) bond motifs is 1. The first-order chi connectivity index (χ1) is 15.4. The molecule has 1 aliphatic rings. The van der Waals surface area contributed by atoms with Gasteiger partial charge in [-0.1, -0.05) is 18.2 Å². The predicted molar refractivity (Wildman–Crippen MR) is 115 cm³/mol. The molecule has 1 N–H and O–H groups in total. The molecule has 0 bridgehead atoms. The molecular formula is C23H17FN2O5S. The van der Waals surface area contributed by atoms with Gasteiger partial charge in [-0.25, -0.2) is 9.18 Å².